The highest BCUT2D eigenvalue weighted by atomic mass is 79.9. The number of aromatic nitrogens is 2. The fourth-order valence-corrected chi connectivity index (χ4v) is 3.50. The normalized spacial score (nSPS) is 11.4. The van der Waals surface area contributed by atoms with Crippen molar-refractivity contribution < 1.29 is 9.53 Å². The largest absolute Gasteiger partial charge is 0.496 e. The lowest BCUT2D eigenvalue weighted by Crippen LogP contribution is -2.17. The van der Waals surface area contributed by atoms with Crippen molar-refractivity contribution in [3.05, 3.63) is 69.8 Å². The Labute approximate surface area is 180 Å². The van der Waals surface area contributed by atoms with E-state index in [0.717, 1.165) is 27.2 Å². The summed E-state index contributed by atoms with van der Waals surface area (Å²) in [6.07, 6.45) is 0.256. The molecule has 0 aliphatic heterocycles. The van der Waals surface area contributed by atoms with Gasteiger partial charge in [-0.2, -0.15) is 5.10 Å². The highest BCUT2D eigenvalue weighted by Crippen LogP contribution is 2.28. The van der Waals surface area contributed by atoms with Crippen LogP contribution in [0.4, 0.5) is 5.82 Å². The van der Waals surface area contributed by atoms with Crippen LogP contribution in [0, 0.1) is 6.92 Å². The minimum atomic E-state index is -0.129. The molecule has 0 unspecified atom stereocenters. The predicted molar refractivity (Wildman–Crippen MR) is 120 cm³/mol. The molecule has 0 saturated carbocycles. The summed E-state index contributed by atoms with van der Waals surface area (Å²) in [6, 6.07) is 15.7. The fourth-order valence-electron chi connectivity index (χ4n) is 2.91. The molecule has 5 nitrogen and oxygen atoms in total. The standard InChI is InChI=1S/C23H26BrN3O2/c1-15-6-9-17(10-7-15)27-21(14-20(26-27)23(2,3)4)25-22(28)13-16-8-11-19(29-5)18(24)12-16/h6-12,14H,13H2,1-5H3,(H,25,28). The van der Waals surface area contributed by atoms with E-state index in [1.54, 1.807) is 11.8 Å². The van der Waals surface area contributed by atoms with Gasteiger partial charge in [0, 0.05) is 11.5 Å². The zero-order chi connectivity index (χ0) is 21.2. The number of aryl methyl sites for hydroxylation is 1. The van der Waals surface area contributed by atoms with Gasteiger partial charge in [-0.1, -0.05) is 44.5 Å². The zero-order valence-corrected chi connectivity index (χ0v) is 19.0. The van der Waals surface area contributed by atoms with Crippen LogP contribution in [0.15, 0.2) is 53.0 Å². The van der Waals surface area contributed by atoms with Gasteiger partial charge >= 0.3 is 0 Å². The minimum absolute atomic E-state index is 0.101. The summed E-state index contributed by atoms with van der Waals surface area (Å²) >= 11 is 3.47. The van der Waals surface area contributed by atoms with E-state index in [-0.39, 0.29) is 17.7 Å². The number of hydrogen-bond acceptors (Lipinski definition) is 3. The molecule has 0 atom stereocenters. The van der Waals surface area contributed by atoms with Crippen molar-refractivity contribution in [3.8, 4) is 11.4 Å². The number of carbonyl (C=O) groups is 1. The Morgan fingerprint density at radius 1 is 1.14 bits per heavy atom. The van der Waals surface area contributed by atoms with E-state index < -0.39 is 0 Å². The van der Waals surface area contributed by atoms with E-state index >= 15 is 0 Å². The number of carbonyl (C=O) groups excluding carboxylic acids is 1. The number of halogens is 1. The first-order valence-electron chi connectivity index (χ1n) is 9.47. The summed E-state index contributed by atoms with van der Waals surface area (Å²) in [5.74, 6) is 1.30. The van der Waals surface area contributed by atoms with Crippen LogP contribution in [0.25, 0.3) is 5.69 Å². The smallest absolute Gasteiger partial charge is 0.229 e. The van der Waals surface area contributed by atoms with Crippen LogP contribution in [0.5, 0.6) is 5.75 Å². The van der Waals surface area contributed by atoms with Crippen molar-refractivity contribution in [1.29, 1.82) is 0 Å². The minimum Gasteiger partial charge on any atom is -0.496 e. The molecular weight excluding hydrogens is 430 g/mol. The average molecular weight is 456 g/mol. The van der Waals surface area contributed by atoms with Gasteiger partial charge in [0.25, 0.3) is 0 Å². The number of methoxy groups -OCH3 is 1. The molecule has 1 aromatic heterocycles. The molecule has 1 heterocycles. The molecule has 0 aliphatic rings. The molecule has 2 aromatic carbocycles. The van der Waals surface area contributed by atoms with Crippen LogP contribution in [-0.2, 0) is 16.6 Å². The van der Waals surface area contributed by atoms with Crippen molar-refractivity contribution in [3.63, 3.8) is 0 Å². The lowest BCUT2D eigenvalue weighted by Gasteiger charge is -2.14. The Bertz CT molecular complexity index is 1020. The van der Waals surface area contributed by atoms with Crippen molar-refractivity contribution in [2.75, 3.05) is 12.4 Å². The molecule has 3 rings (SSSR count). The average Bonchev–Trinajstić information content (AvgIpc) is 3.06. The van der Waals surface area contributed by atoms with Crippen molar-refractivity contribution in [2.45, 2.75) is 39.5 Å². The number of hydrogen-bond donors (Lipinski definition) is 1. The number of nitrogens with one attached hydrogen (secondary N) is 1. The SMILES string of the molecule is COc1ccc(CC(=O)Nc2cc(C(C)(C)C)nn2-c2ccc(C)cc2)cc1Br. The third-order valence-electron chi connectivity index (χ3n) is 4.60. The van der Waals surface area contributed by atoms with Crippen LogP contribution in [-0.4, -0.2) is 22.8 Å². The molecule has 152 valence electrons. The number of benzene rings is 2. The number of ether oxygens (including phenoxy) is 1. The van der Waals surface area contributed by atoms with E-state index in [2.05, 4.69) is 42.0 Å². The Morgan fingerprint density at radius 2 is 1.83 bits per heavy atom. The van der Waals surface area contributed by atoms with E-state index in [1.807, 2.05) is 55.5 Å². The first kappa shape index (κ1) is 21.1. The van der Waals surface area contributed by atoms with E-state index in [9.17, 15) is 4.79 Å². The van der Waals surface area contributed by atoms with Crippen LogP contribution in [0.1, 0.15) is 37.6 Å². The third-order valence-corrected chi connectivity index (χ3v) is 5.22. The second-order valence-corrected chi connectivity index (χ2v) is 8.96. The van der Waals surface area contributed by atoms with Gasteiger partial charge < -0.3 is 10.1 Å². The molecule has 0 spiro atoms. The molecule has 29 heavy (non-hydrogen) atoms. The van der Waals surface area contributed by atoms with E-state index in [1.165, 1.54) is 5.56 Å². The second-order valence-electron chi connectivity index (χ2n) is 8.11. The van der Waals surface area contributed by atoms with E-state index in [0.29, 0.717) is 5.82 Å². The Balaban J connectivity index is 1.87. The Hall–Kier alpha value is -2.60. The molecule has 0 radical (unpaired) electrons. The highest BCUT2D eigenvalue weighted by molar-refractivity contribution is 9.10. The number of rotatable bonds is 5. The maximum Gasteiger partial charge on any atom is 0.229 e. The fraction of sp³-hybridized carbons (Fsp3) is 0.304. The topological polar surface area (TPSA) is 56.1 Å². The summed E-state index contributed by atoms with van der Waals surface area (Å²) in [5.41, 5.74) is 3.77. The van der Waals surface area contributed by atoms with Crippen LogP contribution in [0.2, 0.25) is 0 Å². The molecule has 0 aliphatic carbocycles. The highest BCUT2D eigenvalue weighted by Gasteiger charge is 2.21. The Morgan fingerprint density at radius 3 is 2.41 bits per heavy atom. The molecule has 0 saturated heterocycles. The summed E-state index contributed by atoms with van der Waals surface area (Å²) in [7, 11) is 1.62. The molecule has 1 amide bonds. The number of nitrogens with zero attached hydrogens (tertiary/aromatic N) is 2. The quantitative estimate of drug-likeness (QED) is 0.557. The molecule has 0 fully saturated rings. The third kappa shape index (κ3) is 5.07. The summed E-state index contributed by atoms with van der Waals surface area (Å²) < 4.78 is 7.87. The van der Waals surface area contributed by atoms with Gasteiger partial charge in [-0.05, 0) is 52.7 Å². The number of anilines is 1. The van der Waals surface area contributed by atoms with Crippen molar-refractivity contribution >= 4 is 27.7 Å². The van der Waals surface area contributed by atoms with Crippen LogP contribution >= 0.6 is 15.9 Å². The first-order chi connectivity index (χ1) is 13.7. The van der Waals surface area contributed by atoms with Gasteiger partial charge in [0.05, 0.1) is 29.4 Å². The van der Waals surface area contributed by atoms with Crippen LogP contribution in [0.3, 0.4) is 0 Å². The first-order valence-corrected chi connectivity index (χ1v) is 10.3. The zero-order valence-electron chi connectivity index (χ0n) is 17.4. The monoisotopic (exact) mass is 455 g/mol. The molecule has 0 bridgehead atoms. The maximum absolute atomic E-state index is 12.7. The number of amides is 1. The maximum atomic E-state index is 12.7. The molecule has 1 N–H and O–H groups in total. The lowest BCUT2D eigenvalue weighted by molar-refractivity contribution is -0.115. The van der Waals surface area contributed by atoms with Gasteiger partial charge in [-0.15, -0.1) is 0 Å². The summed E-state index contributed by atoms with van der Waals surface area (Å²) in [6.45, 7) is 8.36. The lowest BCUT2D eigenvalue weighted by atomic mass is 9.92. The summed E-state index contributed by atoms with van der Waals surface area (Å²) in [5, 5.41) is 7.78. The second kappa shape index (κ2) is 8.41. The molecular formula is C23H26BrN3O2. The van der Waals surface area contributed by atoms with E-state index in [4.69, 9.17) is 9.84 Å². The van der Waals surface area contributed by atoms with Crippen molar-refractivity contribution in [2.24, 2.45) is 0 Å². The van der Waals surface area contributed by atoms with Gasteiger partial charge in [0.1, 0.15) is 11.6 Å². The van der Waals surface area contributed by atoms with Gasteiger partial charge in [-0.25, -0.2) is 4.68 Å². The van der Waals surface area contributed by atoms with Gasteiger partial charge in [-0.3, -0.25) is 4.79 Å². The molecule has 6 heteroatoms. The predicted octanol–water partition coefficient (Wildman–Crippen LogP) is 5.43. The van der Waals surface area contributed by atoms with Gasteiger partial charge in [0.15, 0.2) is 0 Å². The summed E-state index contributed by atoms with van der Waals surface area (Å²) in [4.78, 5) is 12.7. The molecule has 3 aromatic rings. The van der Waals surface area contributed by atoms with Crippen LogP contribution < -0.4 is 10.1 Å². The Kier molecular flexibility index (Phi) is 6.13. The van der Waals surface area contributed by atoms with Gasteiger partial charge in [0.2, 0.25) is 5.91 Å². The van der Waals surface area contributed by atoms with Crippen molar-refractivity contribution in [1.82, 2.24) is 9.78 Å².